The summed E-state index contributed by atoms with van der Waals surface area (Å²) in [7, 11) is 0.477. The van der Waals surface area contributed by atoms with Gasteiger partial charge < -0.3 is 15.5 Å². The Bertz CT molecular complexity index is 430. The maximum Gasteiger partial charge on any atom is 0.186 e. The molecule has 190 valence electrons. The van der Waals surface area contributed by atoms with Gasteiger partial charge in [0.2, 0.25) is 0 Å². The van der Waals surface area contributed by atoms with Gasteiger partial charge in [-0.2, -0.15) is 0 Å². The zero-order valence-electron chi connectivity index (χ0n) is 21.9. The van der Waals surface area contributed by atoms with Crippen LogP contribution in [0, 0.1) is 0 Å². The largest absolute Gasteiger partial charge is 0.420 e. The Hall–Kier alpha value is -0.563. The van der Waals surface area contributed by atoms with E-state index in [1.54, 1.807) is 0 Å². The van der Waals surface area contributed by atoms with Crippen molar-refractivity contribution >= 4 is 20.7 Å². The molecule has 0 fully saturated rings. The van der Waals surface area contributed by atoms with Crippen LogP contribution in [-0.2, 0) is 4.43 Å². The molecule has 0 radical (unpaired) electrons. The smallest absolute Gasteiger partial charge is 0.186 e. The van der Waals surface area contributed by atoms with E-state index < -0.39 is 8.32 Å². The van der Waals surface area contributed by atoms with E-state index in [9.17, 15) is 0 Å². The van der Waals surface area contributed by atoms with Gasteiger partial charge in [0.05, 0.1) is 0 Å². The van der Waals surface area contributed by atoms with Gasteiger partial charge in [-0.3, -0.25) is 9.98 Å². The van der Waals surface area contributed by atoms with E-state index in [-0.39, 0.29) is 0 Å². The highest BCUT2D eigenvalue weighted by atomic mass is 28.4. The Morgan fingerprint density at radius 1 is 0.688 bits per heavy atom. The minimum atomic E-state index is -1.37. The maximum absolute atomic E-state index is 5.57. The quantitative estimate of drug-likeness (QED) is 0.0927. The lowest BCUT2D eigenvalue weighted by atomic mass is 10.1. The van der Waals surface area contributed by atoms with Crippen molar-refractivity contribution in [3.8, 4) is 0 Å². The summed E-state index contributed by atoms with van der Waals surface area (Å²) in [5.41, 5.74) is 5.52. The van der Waals surface area contributed by atoms with Crippen LogP contribution in [-0.4, -0.2) is 60.6 Å². The minimum Gasteiger partial charge on any atom is -0.420 e. The second-order valence-corrected chi connectivity index (χ2v) is 14.0. The molecule has 32 heavy (non-hydrogen) atoms. The molecule has 6 heteroatoms. The van der Waals surface area contributed by atoms with E-state index in [0.717, 1.165) is 58.4 Å². The van der Waals surface area contributed by atoms with Crippen molar-refractivity contribution in [2.24, 2.45) is 15.7 Å². The number of hydrogen-bond donors (Lipinski definition) is 2. The van der Waals surface area contributed by atoms with Gasteiger partial charge in [0, 0.05) is 20.2 Å². The second-order valence-electron chi connectivity index (χ2n) is 9.60. The van der Waals surface area contributed by atoms with Gasteiger partial charge in [-0.25, -0.2) is 0 Å². The number of nitrogens with two attached hydrogens (primary N) is 1. The Morgan fingerprint density at radius 3 is 1.75 bits per heavy atom. The number of hydrogen-bond acceptors (Lipinski definition) is 5. The number of unbranched alkanes of at least 4 members (excludes halogenated alkanes) is 11. The molecule has 0 saturated carbocycles. The molecule has 0 amide bonds. The second kappa shape index (κ2) is 25.1. The van der Waals surface area contributed by atoms with Crippen LogP contribution in [0.3, 0.4) is 0 Å². The summed E-state index contributed by atoms with van der Waals surface area (Å²) in [6.45, 7) is 9.52. The van der Waals surface area contributed by atoms with Crippen LogP contribution in [0.1, 0.15) is 96.3 Å². The Labute approximate surface area is 201 Å². The molecule has 0 aliphatic rings. The van der Waals surface area contributed by atoms with Crippen LogP contribution in [0.2, 0.25) is 19.1 Å². The van der Waals surface area contributed by atoms with Gasteiger partial charge >= 0.3 is 0 Å². The average molecular weight is 469 g/mol. The first-order valence-corrected chi connectivity index (χ1v) is 16.7. The third kappa shape index (κ3) is 25.7. The predicted octanol–water partition coefficient (Wildman–Crippen LogP) is 6.38. The molecule has 0 unspecified atom stereocenters. The molecular weight excluding hydrogens is 412 g/mol. The first-order chi connectivity index (χ1) is 15.6. The molecule has 0 aliphatic heterocycles. The third-order valence-corrected chi connectivity index (χ3v) is 8.65. The van der Waals surface area contributed by atoms with Crippen LogP contribution >= 0.6 is 0 Å². The van der Waals surface area contributed by atoms with Gasteiger partial charge in [-0.1, -0.05) is 51.4 Å². The van der Waals surface area contributed by atoms with E-state index in [1.165, 1.54) is 76.7 Å². The highest BCUT2D eigenvalue weighted by Gasteiger charge is 2.18. The van der Waals surface area contributed by atoms with E-state index >= 15 is 0 Å². The Kier molecular flexibility index (Phi) is 24.6. The summed E-state index contributed by atoms with van der Waals surface area (Å²) >= 11 is 0. The molecule has 0 spiro atoms. The standard InChI is InChI=1S/C26H56N4OSi/c1-31-32(2,3)26-18-25-30-24-17-23-29-22-16-12-15-21-28-20-14-11-9-7-5-4-6-8-10-13-19-27/h21-22,30H,4-20,23-27H2,1-3H3. The van der Waals surface area contributed by atoms with Crippen molar-refractivity contribution in [2.75, 3.05) is 39.8 Å². The van der Waals surface area contributed by atoms with Crippen molar-refractivity contribution in [3.05, 3.63) is 0 Å². The van der Waals surface area contributed by atoms with Crippen molar-refractivity contribution in [1.82, 2.24) is 5.32 Å². The van der Waals surface area contributed by atoms with Crippen LogP contribution in [0.4, 0.5) is 0 Å². The zero-order valence-corrected chi connectivity index (χ0v) is 22.9. The fraction of sp³-hybridized carbons (Fsp3) is 0.923. The molecule has 0 aliphatic carbocycles. The van der Waals surface area contributed by atoms with E-state index in [0.29, 0.717) is 0 Å². The molecule has 3 N–H and O–H groups in total. The highest BCUT2D eigenvalue weighted by Crippen LogP contribution is 2.11. The van der Waals surface area contributed by atoms with Gasteiger partial charge in [0.25, 0.3) is 0 Å². The summed E-state index contributed by atoms with van der Waals surface area (Å²) in [5, 5.41) is 3.51. The monoisotopic (exact) mass is 468 g/mol. The third-order valence-electron chi connectivity index (χ3n) is 5.99. The van der Waals surface area contributed by atoms with Crippen molar-refractivity contribution in [2.45, 2.75) is 115 Å². The number of nitrogens with one attached hydrogen (secondary N) is 1. The van der Waals surface area contributed by atoms with Crippen molar-refractivity contribution < 1.29 is 4.43 Å². The molecule has 0 aromatic rings. The average Bonchev–Trinajstić information content (AvgIpc) is 2.79. The molecule has 0 rings (SSSR count). The molecular formula is C26H56N4OSi. The van der Waals surface area contributed by atoms with E-state index in [4.69, 9.17) is 10.2 Å². The molecule has 0 aromatic carbocycles. The summed E-state index contributed by atoms with van der Waals surface area (Å²) in [6.07, 6.45) is 23.3. The van der Waals surface area contributed by atoms with Gasteiger partial charge in [-0.15, -0.1) is 0 Å². The van der Waals surface area contributed by atoms with Crippen LogP contribution in [0.5, 0.6) is 0 Å². The molecule has 0 heterocycles. The minimum absolute atomic E-state index is 0.853. The maximum atomic E-state index is 5.57. The lowest BCUT2D eigenvalue weighted by Gasteiger charge is -2.19. The SMILES string of the molecule is CO[Si](C)(C)CCCNCCCN=CCCCC=NCCCCCCCCCCCCN. The summed E-state index contributed by atoms with van der Waals surface area (Å²) < 4.78 is 5.57. The van der Waals surface area contributed by atoms with Crippen LogP contribution < -0.4 is 11.1 Å². The molecule has 0 bridgehead atoms. The van der Waals surface area contributed by atoms with Crippen molar-refractivity contribution in [1.29, 1.82) is 0 Å². The number of aliphatic imine (C=N–C) groups is 2. The molecule has 0 atom stereocenters. The molecule has 0 aromatic heterocycles. The number of nitrogens with zero attached hydrogens (tertiary/aromatic N) is 2. The van der Waals surface area contributed by atoms with E-state index in [1.807, 2.05) is 7.11 Å². The zero-order chi connectivity index (χ0) is 23.6. The lowest BCUT2D eigenvalue weighted by Crippen LogP contribution is -2.29. The molecule has 0 saturated heterocycles. The normalized spacial score (nSPS) is 12.5. The van der Waals surface area contributed by atoms with Crippen LogP contribution in [0.25, 0.3) is 0 Å². The Balaban J connectivity index is 3.21. The molecule has 5 nitrogen and oxygen atoms in total. The number of rotatable bonds is 25. The van der Waals surface area contributed by atoms with Gasteiger partial charge in [0.1, 0.15) is 0 Å². The van der Waals surface area contributed by atoms with Gasteiger partial charge in [0.15, 0.2) is 8.32 Å². The summed E-state index contributed by atoms with van der Waals surface area (Å²) in [5.74, 6) is 0. The fourth-order valence-electron chi connectivity index (χ4n) is 3.59. The first kappa shape index (κ1) is 31.4. The predicted molar refractivity (Wildman–Crippen MR) is 147 cm³/mol. The van der Waals surface area contributed by atoms with Crippen molar-refractivity contribution in [3.63, 3.8) is 0 Å². The fourth-order valence-corrected chi connectivity index (χ4v) is 4.82. The summed E-state index contributed by atoms with van der Waals surface area (Å²) in [6, 6.07) is 1.23. The van der Waals surface area contributed by atoms with Crippen LogP contribution in [0.15, 0.2) is 9.98 Å². The lowest BCUT2D eigenvalue weighted by molar-refractivity contribution is 0.401. The summed E-state index contributed by atoms with van der Waals surface area (Å²) in [4.78, 5) is 9.08. The Morgan fingerprint density at radius 2 is 1.19 bits per heavy atom. The first-order valence-electron chi connectivity index (χ1n) is 13.5. The van der Waals surface area contributed by atoms with E-state index in [2.05, 4.69) is 40.8 Å². The topological polar surface area (TPSA) is 72.0 Å². The highest BCUT2D eigenvalue weighted by molar-refractivity contribution is 6.71. The van der Waals surface area contributed by atoms with Gasteiger partial charge in [-0.05, 0) is 96.1 Å².